The van der Waals surface area contributed by atoms with E-state index in [4.69, 9.17) is 14.2 Å². The highest BCUT2D eigenvalue weighted by Crippen LogP contribution is 2.45. The number of hydrogen-bond acceptors (Lipinski definition) is 5. The molecule has 3 aliphatic heterocycles. The number of hydrogen-bond donors (Lipinski definition) is 0. The summed E-state index contributed by atoms with van der Waals surface area (Å²) in [5.74, 6) is 2.37. The molecule has 104 valence electrons. The van der Waals surface area contributed by atoms with E-state index in [1.165, 1.54) is 37.9 Å². The van der Waals surface area contributed by atoms with Gasteiger partial charge < -0.3 is 14.2 Å². The first kappa shape index (κ1) is 13.6. The highest BCUT2D eigenvalue weighted by atomic mass is 32.2. The molecule has 0 aromatic heterocycles. The summed E-state index contributed by atoms with van der Waals surface area (Å²) >= 11 is 3.77. The van der Waals surface area contributed by atoms with E-state index < -0.39 is 5.12 Å². The molecule has 3 heterocycles. The van der Waals surface area contributed by atoms with Crippen LogP contribution in [0.5, 0.6) is 0 Å². The van der Waals surface area contributed by atoms with Crippen LogP contribution in [0.25, 0.3) is 0 Å². The van der Waals surface area contributed by atoms with E-state index in [1.807, 2.05) is 23.5 Å². The SMILES string of the molecule is C1CCC(OC2(OC3CCCS3)CCCS2)OC1. The van der Waals surface area contributed by atoms with Gasteiger partial charge in [0.1, 0.15) is 5.44 Å². The van der Waals surface area contributed by atoms with Gasteiger partial charge in [0.2, 0.25) is 5.12 Å². The molecule has 3 aliphatic rings. The first-order valence-electron chi connectivity index (χ1n) is 7.09. The summed E-state index contributed by atoms with van der Waals surface area (Å²) in [7, 11) is 0. The third-order valence-corrected chi connectivity index (χ3v) is 6.15. The van der Waals surface area contributed by atoms with Crippen LogP contribution >= 0.6 is 23.5 Å². The molecule has 0 spiro atoms. The van der Waals surface area contributed by atoms with Crippen LogP contribution in [-0.2, 0) is 14.2 Å². The molecular formula is C13H22O3S2. The second kappa shape index (κ2) is 6.35. The van der Waals surface area contributed by atoms with Gasteiger partial charge in [0, 0.05) is 13.0 Å². The molecule has 0 radical (unpaired) electrons. The Morgan fingerprint density at radius 2 is 2.00 bits per heavy atom. The van der Waals surface area contributed by atoms with Crippen molar-refractivity contribution in [3.8, 4) is 0 Å². The highest BCUT2D eigenvalue weighted by molar-refractivity contribution is 8.01. The maximum absolute atomic E-state index is 6.29. The summed E-state index contributed by atoms with van der Waals surface area (Å²) in [6, 6.07) is 0. The van der Waals surface area contributed by atoms with Crippen molar-refractivity contribution in [2.75, 3.05) is 18.1 Å². The summed E-state index contributed by atoms with van der Waals surface area (Å²) in [5, 5.41) is -0.413. The lowest BCUT2D eigenvalue weighted by molar-refractivity contribution is -0.276. The van der Waals surface area contributed by atoms with Crippen LogP contribution in [-0.4, -0.2) is 35.0 Å². The lowest BCUT2D eigenvalue weighted by Gasteiger charge is -2.35. The topological polar surface area (TPSA) is 27.7 Å². The molecule has 0 saturated carbocycles. The Morgan fingerprint density at radius 1 is 1.00 bits per heavy atom. The van der Waals surface area contributed by atoms with Crippen LogP contribution in [0.3, 0.4) is 0 Å². The largest absolute Gasteiger partial charge is 0.352 e. The monoisotopic (exact) mass is 290 g/mol. The fourth-order valence-electron chi connectivity index (χ4n) is 2.65. The Kier molecular flexibility index (Phi) is 4.79. The predicted molar refractivity (Wildman–Crippen MR) is 75.7 cm³/mol. The van der Waals surface area contributed by atoms with Gasteiger partial charge in [0.05, 0.1) is 0 Å². The first-order chi connectivity index (χ1) is 8.86. The van der Waals surface area contributed by atoms with E-state index in [9.17, 15) is 0 Å². The molecule has 3 unspecified atom stereocenters. The van der Waals surface area contributed by atoms with E-state index in [1.54, 1.807) is 0 Å². The van der Waals surface area contributed by atoms with Crippen LogP contribution < -0.4 is 0 Å². The second-order valence-electron chi connectivity index (χ2n) is 5.11. The molecule has 3 nitrogen and oxygen atoms in total. The standard InChI is InChI=1S/C13H22O3S2/c1-2-8-14-11(5-1)15-13(7-4-10-18-13)16-12-6-3-9-17-12/h11-12H,1-10H2. The maximum atomic E-state index is 6.29. The van der Waals surface area contributed by atoms with E-state index >= 15 is 0 Å². The minimum atomic E-state index is -0.413. The molecule has 3 saturated heterocycles. The average molecular weight is 290 g/mol. The second-order valence-corrected chi connectivity index (χ2v) is 7.70. The van der Waals surface area contributed by atoms with Gasteiger partial charge in [-0.05, 0) is 50.0 Å². The van der Waals surface area contributed by atoms with Crippen molar-refractivity contribution in [1.82, 2.24) is 0 Å². The van der Waals surface area contributed by atoms with Gasteiger partial charge in [-0.2, -0.15) is 0 Å². The van der Waals surface area contributed by atoms with E-state index in [0.717, 1.165) is 25.2 Å². The van der Waals surface area contributed by atoms with Crippen LogP contribution in [0.15, 0.2) is 0 Å². The summed E-state index contributed by atoms with van der Waals surface area (Å²) in [6.07, 6.45) is 7.99. The van der Waals surface area contributed by atoms with Crippen LogP contribution in [0, 0.1) is 0 Å². The van der Waals surface area contributed by atoms with Crippen molar-refractivity contribution < 1.29 is 14.2 Å². The Balaban J connectivity index is 1.58. The zero-order valence-corrected chi connectivity index (χ0v) is 12.4. The Labute approximate surface area is 118 Å². The van der Waals surface area contributed by atoms with Crippen molar-refractivity contribution in [1.29, 1.82) is 0 Å². The zero-order chi connectivity index (χ0) is 12.3. The number of rotatable bonds is 4. The summed E-state index contributed by atoms with van der Waals surface area (Å²) in [5.41, 5.74) is 0.333. The fraction of sp³-hybridized carbons (Fsp3) is 1.00. The lowest BCUT2D eigenvalue weighted by Crippen LogP contribution is -2.38. The molecule has 0 aromatic rings. The third-order valence-electron chi connectivity index (χ3n) is 3.60. The van der Waals surface area contributed by atoms with Crippen molar-refractivity contribution in [2.24, 2.45) is 0 Å². The van der Waals surface area contributed by atoms with Gasteiger partial charge in [-0.3, -0.25) is 0 Å². The summed E-state index contributed by atoms with van der Waals surface area (Å²) in [6.45, 7) is 0.837. The van der Waals surface area contributed by atoms with Crippen LogP contribution in [0.1, 0.15) is 44.9 Å². The van der Waals surface area contributed by atoms with Crippen LogP contribution in [0.4, 0.5) is 0 Å². The zero-order valence-electron chi connectivity index (χ0n) is 10.8. The summed E-state index contributed by atoms with van der Waals surface area (Å²) in [4.78, 5) is 0. The molecular weight excluding hydrogens is 268 g/mol. The first-order valence-corrected chi connectivity index (χ1v) is 9.13. The van der Waals surface area contributed by atoms with Gasteiger partial charge in [-0.1, -0.05) is 11.8 Å². The van der Waals surface area contributed by atoms with Crippen molar-refractivity contribution in [3.05, 3.63) is 0 Å². The van der Waals surface area contributed by atoms with Crippen molar-refractivity contribution in [2.45, 2.75) is 61.8 Å². The lowest BCUT2D eigenvalue weighted by atomic mass is 10.2. The number of ether oxygens (including phenoxy) is 3. The molecule has 0 aromatic carbocycles. The van der Waals surface area contributed by atoms with Gasteiger partial charge in [0.15, 0.2) is 6.29 Å². The van der Waals surface area contributed by atoms with E-state index in [-0.39, 0.29) is 6.29 Å². The Bertz CT molecular complexity index is 257. The van der Waals surface area contributed by atoms with E-state index in [0.29, 0.717) is 5.44 Å². The molecule has 18 heavy (non-hydrogen) atoms. The minimum Gasteiger partial charge on any atom is -0.352 e. The number of thioether (sulfide) groups is 2. The van der Waals surface area contributed by atoms with Gasteiger partial charge in [-0.25, -0.2) is 0 Å². The molecule has 0 N–H and O–H groups in total. The minimum absolute atomic E-state index is 0.0456. The van der Waals surface area contributed by atoms with Gasteiger partial charge in [0.25, 0.3) is 0 Å². The quantitative estimate of drug-likeness (QED) is 0.738. The maximum Gasteiger partial charge on any atom is 0.221 e. The Morgan fingerprint density at radius 3 is 2.67 bits per heavy atom. The molecule has 5 heteroatoms. The van der Waals surface area contributed by atoms with Gasteiger partial charge >= 0.3 is 0 Å². The third kappa shape index (κ3) is 3.37. The normalized spacial score (nSPS) is 41.3. The molecule has 0 aliphatic carbocycles. The Hall–Kier alpha value is 0.580. The molecule has 3 rings (SSSR count). The smallest absolute Gasteiger partial charge is 0.221 e. The van der Waals surface area contributed by atoms with Gasteiger partial charge in [-0.15, -0.1) is 11.8 Å². The van der Waals surface area contributed by atoms with Crippen LogP contribution in [0.2, 0.25) is 0 Å². The van der Waals surface area contributed by atoms with Crippen molar-refractivity contribution in [3.63, 3.8) is 0 Å². The molecule has 3 fully saturated rings. The predicted octanol–water partition coefficient (Wildman–Crippen LogP) is 3.58. The summed E-state index contributed by atoms with van der Waals surface area (Å²) < 4.78 is 18.2. The molecule has 3 atom stereocenters. The van der Waals surface area contributed by atoms with Crippen molar-refractivity contribution >= 4 is 23.5 Å². The highest BCUT2D eigenvalue weighted by Gasteiger charge is 2.42. The molecule has 0 bridgehead atoms. The fourth-order valence-corrected chi connectivity index (χ4v) is 5.11. The van der Waals surface area contributed by atoms with E-state index in [2.05, 4.69) is 0 Å². The molecule has 0 amide bonds. The average Bonchev–Trinajstić information content (AvgIpc) is 3.03.